The quantitative estimate of drug-likeness (QED) is 0.373. The Morgan fingerprint density at radius 1 is 0.816 bits per heavy atom. The predicted octanol–water partition coefficient (Wildman–Crippen LogP) is 3.96. The van der Waals surface area contributed by atoms with Crippen LogP contribution in [0.25, 0.3) is 27.8 Å². The summed E-state index contributed by atoms with van der Waals surface area (Å²) >= 11 is 0. The maximum absolute atomic E-state index is 13.4. The van der Waals surface area contributed by atoms with Gasteiger partial charge in [0.2, 0.25) is 0 Å². The number of aromatic nitrogens is 3. The fraction of sp³-hybridized carbons (Fsp3) is 0.138. The van der Waals surface area contributed by atoms with Crippen LogP contribution in [0.1, 0.15) is 10.4 Å². The van der Waals surface area contributed by atoms with Crippen LogP contribution < -0.4 is 26.0 Å². The molecule has 3 aromatic carbocycles. The van der Waals surface area contributed by atoms with Gasteiger partial charge in [0.05, 0.1) is 42.2 Å². The van der Waals surface area contributed by atoms with Crippen molar-refractivity contribution in [3.8, 4) is 28.4 Å². The van der Waals surface area contributed by atoms with E-state index in [1.165, 1.54) is 25.8 Å². The molecule has 2 heterocycles. The second-order valence-electron chi connectivity index (χ2n) is 8.72. The molecule has 0 atom stereocenters. The van der Waals surface area contributed by atoms with E-state index in [9.17, 15) is 14.4 Å². The van der Waals surface area contributed by atoms with Gasteiger partial charge in [-0.2, -0.15) is 0 Å². The molecule has 0 saturated heterocycles. The number of amides is 1. The smallest absolute Gasteiger partial charge is 0.330 e. The first-order chi connectivity index (χ1) is 18.3. The first-order valence-electron chi connectivity index (χ1n) is 11.8. The van der Waals surface area contributed by atoms with Crippen molar-refractivity contribution in [2.45, 2.75) is 0 Å². The summed E-state index contributed by atoms with van der Waals surface area (Å²) in [6, 6.07) is 21.7. The van der Waals surface area contributed by atoms with Gasteiger partial charge >= 0.3 is 5.69 Å². The van der Waals surface area contributed by atoms with E-state index in [1.54, 1.807) is 49.6 Å². The molecule has 0 bridgehead atoms. The summed E-state index contributed by atoms with van der Waals surface area (Å²) in [4.78, 5) is 38.9. The van der Waals surface area contributed by atoms with Crippen LogP contribution in [0.5, 0.6) is 11.5 Å². The van der Waals surface area contributed by atoms with E-state index >= 15 is 0 Å². The number of ether oxygens (including phenoxy) is 2. The van der Waals surface area contributed by atoms with Crippen LogP contribution in [0.3, 0.4) is 0 Å². The minimum absolute atomic E-state index is 0.297. The number of benzene rings is 3. The Kier molecular flexibility index (Phi) is 6.34. The molecular formula is C29H26N4O5. The average molecular weight is 511 g/mol. The lowest BCUT2D eigenvalue weighted by atomic mass is 10.1. The van der Waals surface area contributed by atoms with Crippen molar-refractivity contribution < 1.29 is 14.3 Å². The summed E-state index contributed by atoms with van der Waals surface area (Å²) in [6.45, 7) is 0. The van der Waals surface area contributed by atoms with Gasteiger partial charge in [-0.05, 0) is 17.7 Å². The van der Waals surface area contributed by atoms with Crippen molar-refractivity contribution in [1.29, 1.82) is 0 Å². The SMILES string of the molecule is COc1cc(-n2cc3c(c2-c2ccccc2)c(=O)n(C)c(=O)n3C)c(OC)cc1NC(=O)c1ccccc1. The molecule has 9 nitrogen and oxygen atoms in total. The molecule has 38 heavy (non-hydrogen) atoms. The van der Waals surface area contributed by atoms with Crippen LogP contribution in [0.15, 0.2) is 88.6 Å². The maximum atomic E-state index is 13.4. The van der Waals surface area contributed by atoms with Crippen molar-refractivity contribution in [2.75, 3.05) is 19.5 Å². The van der Waals surface area contributed by atoms with Gasteiger partial charge in [0.15, 0.2) is 0 Å². The monoisotopic (exact) mass is 510 g/mol. The Labute approximate surface area is 218 Å². The third-order valence-corrected chi connectivity index (χ3v) is 6.53. The fourth-order valence-corrected chi connectivity index (χ4v) is 4.56. The molecule has 0 aliphatic heterocycles. The van der Waals surface area contributed by atoms with Crippen LogP contribution in [0.4, 0.5) is 5.69 Å². The maximum Gasteiger partial charge on any atom is 0.330 e. The van der Waals surface area contributed by atoms with Gasteiger partial charge in [0, 0.05) is 38.0 Å². The zero-order valence-electron chi connectivity index (χ0n) is 21.4. The van der Waals surface area contributed by atoms with Crippen LogP contribution in [0.2, 0.25) is 0 Å². The number of hydrogen-bond donors (Lipinski definition) is 1. The molecule has 0 aliphatic carbocycles. The number of carbonyl (C=O) groups excluding carboxylic acids is 1. The lowest BCUT2D eigenvalue weighted by molar-refractivity contribution is 0.102. The molecule has 9 heteroatoms. The fourth-order valence-electron chi connectivity index (χ4n) is 4.56. The molecule has 2 aromatic heterocycles. The van der Waals surface area contributed by atoms with Crippen molar-refractivity contribution in [1.82, 2.24) is 13.7 Å². The molecule has 0 radical (unpaired) electrons. The van der Waals surface area contributed by atoms with Crippen molar-refractivity contribution in [2.24, 2.45) is 14.1 Å². The second kappa shape index (κ2) is 9.78. The third-order valence-electron chi connectivity index (χ3n) is 6.53. The lowest BCUT2D eigenvalue weighted by Crippen LogP contribution is -2.36. The largest absolute Gasteiger partial charge is 0.494 e. The topological polar surface area (TPSA) is 96.5 Å². The summed E-state index contributed by atoms with van der Waals surface area (Å²) < 4.78 is 15.7. The molecule has 1 amide bonds. The summed E-state index contributed by atoms with van der Waals surface area (Å²) in [6.07, 6.45) is 1.74. The molecule has 0 fully saturated rings. The molecule has 0 aliphatic rings. The van der Waals surface area contributed by atoms with Crippen molar-refractivity contribution >= 4 is 22.5 Å². The lowest BCUT2D eigenvalue weighted by Gasteiger charge is -2.18. The van der Waals surface area contributed by atoms with Gasteiger partial charge in [-0.1, -0.05) is 48.5 Å². The normalized spacial score (nSPS) is 10.9. The summed E-state index contributed by atoms with van der Waals surface area (Å²) in [7, 11) is 6.12. The Bertz CT molecular complexity index is 1780. The van der Waals surface area contributed by atoms with E-state index in [4.69, 9.17) is 9.47 Å². The van der Waals surface area contributed by atoms with Gasteiger partial charge in [0.1, 0.15) is 11.5 Å². The number of fused-ring (bicyclic) bond motifs is 1. The number of carbonyl (C=O) groups is 1. The van der Waals surface area contributed by atoms with E-state index in [-0.39, 0.29) is 5.91 Å². The third kappa shape index (κ3) is 4.03. The Morgan fingerprint density at radius 3 is 2.08 bits per heavy atom. The van der Waals surface area contributed by atoms with Gasteiger partial charge in [0.25, 0.3) is 11.5 Å². The van der Waals surface area contributed by atoms with Gasteiger partial charge in [-0.15, -0.1) is 0 Å². The number of nitrogens with zero attached hydrogens (tertiary/aromatic N) is 3. The molecule has 5 rings (SSSR count). The zero-order chi connectivity index (χ0) is 27.0. The van der Waals surface area contributed by atoms with Crippen LogP contribution >= 0.6 is 0 Å². The second-order valence-corrected chi connectivity index (χ2v) is 8.72. The van der Waals surface area contributed by atoms with Gasteiger partial charge in [-0.3, -0.25) is 18.7 Å². The minimum atomic E-state index is -0.428. The summed E-state index contributed by atoms with van der Waals surface area (Å²) in [5, 5.41) is 3.28. The van der Waals surface area contributed by atoms with E-state index in [2.05, 4.69) is 5.32 Å². The number of aryl methyl sites for hydroxylation is 1. The summed E-state index contributed by atoms with van der Waals surface area (Å²) in [5.41, 5.74) is 2.49. The van der Waals surface area contributed by atoms with E-state index < -0.39 is 11.2 Å². The Balaban J connectivity index is 1.77. The Morgan fingerprint density at radius 2 is 1.45 bits per heavy atom. The zero-order valence-corrected chi connectivity index (χ0v) is 21.4. The van der Waals surface area contributed by atoms with Crippen molar-refractivity contribution in [3.63, 3.8) is 0 Å². The van der Waals surface area contributed by atoms with Crippen LogP contribution in [-0.4, -0.2) is 33.8 Å². The number of methoxy groups -OCH3 is 2. The van der Waals surface area contributed by atoms with Gasteiger partial charge in [-0.25, -0.2) is 4.79 Å². The number of hydrogen-bond acceptors (Lipinski definition) is 5. The molecule has 0 saturated carbocycles. The molecule has 5 aromatic rings. The van der Waals surface area contributed by atoms with E-state index in [0.717, 1.165) is 10.1 Å². The average Bonchev–Trinajstić information content (AvgIpc) is 3.36. The predicted molar refractivity (Wildman–Crippen MR) is 147 cm³/mol. The number of nitrogens with one attached hydrogen (secondary N) is 1. The summed E-state index contributed by atoms with van der Waals surface area (Å²) in [5.74, 6) is 0.519. The number of anilines is 1. The minimum Gasteiger partial charge on any atom is -0.494 e. The first kappa shape index (κ1) is 24.6. The highest BCUT2D eigenvalue weighted by atomic mass is 16.5. The highest BCUT2D eigenvalue weighted by molar-refractivity contribution is 6.05. The Hall–Kier alpha value is -5.05. The first-order valence-corrected chi connectivity index (χ1v) is 11.8. The van der Waals surface area contributed by atoms with Crippen molar-refractivity contribution in [3.05, 3.63) is 105 Å². The molecular weight excluding hydrogens is 484 g/mol. The molecule has 192 valence electrons. The molecule has 0 unspecified atom stereocenters. The van der Waals surface area contributed by atoms with E-state index in [1.807, 2.05) is 41.0 Å². The number of rotatable bonds is 6. The van der Waals surface area contributed by atoms with E-state index in [0.29, 0.717) is 45.0 Å². The van der Waals surface area contributed by atoms with Gasteiger partial charge < -0.3 is 19.4 Å². The molecule has 1 N–H and O–H groups in total. The standard InChI is InChI=1S/C29H26N4O5/c1-31-22-17-33(26(18-11-7-5-8-12-18)25(22)28(35)32(2)29(31)36)21-16-23(37-3)20(15-24(21)38-4)30-27(34)19-13-9-6-10-14-19/h5-17H,1-4H3,(H,30,34). The van der Waals surface area contributed by atoms with Crippen LogP contribution in [-0.2, 0) is 14.1 Å². The highest BCUT2D eigenvalue weighted by Gasteiger charge is 2.23. The highest BCUT2D eigenvalue weighted by Crippen LogP contribution is 2.39. The van der Waals surface area contributed by atoms with Crippen LogP contribution in [0, 0.1) is 0 Å². The molecule has 0 spiro atoms.